The van der Waals surface area contributed by atoms with Crippen molar-refractivity contribution in [1.29, 1.82) is 0 Å². The fourth-order valence-electron chi connectivity index (χ4n) is 0.146. The lowest BCUT2D eigenvalue weighted by Crippen LogP contribution is -1.69. The Kier molecular flexibility index (Phi) is 3.75. The molecule has 0 saturated heterocycles. The van der Waals surface area contributed by atoms with E-state index in [1.54, 1.807) is 0 Å². The number of aliphatic hydroxyl groups is 1. The zero-order valence-electron chi connectivity index (χ0n) is 3.91. The first-order chi connectivity index (χ1) is 3.18. The molecule has 0 aromatic heterocycles. The summed E-state index contributed by atoms with van der Waals surface area (Å²) >= 11 is 6.01. The summed E-state index contributed by atoms with van der Waals surface area (Å²) in [5.41, 5.74) is 0. The molecule has 0 heterocycles. The van der Waals surface area contributed by atoms with Crippen LogP contribution in [0.25, 0.3) is 0 Å². The normalized spacial score (nSPS) is 13.6. The van der Waals surface area contributed by atoms with E-state index >= 15 is 0 Å². The van der Waals surface area contributed by atoms with Crippen LogP contribution < -0.4 is 0 Å². The van der Waals surface area contributed by atoms with Crippen molar-refractivity contribution in [2.24, 2.45) is 0 Å². The van der Waals surface area contributed by atoms with Gasteiger partial charge in [-0.05, 0) is 22.4 Å². The Balaban J connectivity index is 3.72. The smallest absolute Gasteiger partial charge is 0.169 e. The van der Waals surface area contributed by atoms with Gasteiger partial charge < -0.3 is 5.11 Å². The highest BCUT2D eigenvalue weighted by Gasteiger charge is 1.90. The zero-order chi connectivity index (χ0) is 5.86. The van der Waals surface area contributed by atoms with Gasteiger partial charge in [0, 0.05) is 4.48 Å². The number of aliphatic hydroxyl groups excluding tert-OH is 1. The van der Waals surface area contributed by atoms with Gasteiger partial charge >= 0.3 is 0 Å². The highest BCUT2D eigenvalue weighted by Crippen LogP contribution is 2.17. The predicted octanol–water partition coefficient (Wildman–Crippen LogP) is 2.91. The quantitative estimate of drug-likeness (QED) is 0.686. The number of rotatable bonds is 1. The maximum Gasteiger partial charge on any atom is 0.169 e. The lowest BCUT2D eigenvalue weighted by molar-refractivity contribution is 0.457. The highest BCUT2D eigenvalue weighted by atomic mass is 79.9. The van der Waals surface area contributed by atoms with Crippen LogP contribution in [0.4, 0.5) is 0 Å². The molecular weight excluding hydrogens is 224 g/mol. The van der Waals surface area contributed by atoms with Crippen LogP contribution in [0.15, 0.2) is 9.15 Å². The van der Waals surface area contributed by atoms with Crippen LogP contribution in [0.1, 0.15) is 13.3 Å². The summed E-state index contributed by atoms with van der Waals surface area (Å²) in [6.07, 6.45) is 0.817. The van der Waals surface area contributed by atoms with Gasteiger partial charge in [-0.1, -0.05) is 22.9 Å². The molecule has 0 saturated carbocycles. The zero-order valence-corrected chi connectivity index (χ0v) is 7.08. The molecule has 1 N–H and O–H groups in total. The van der Waals surface area contributed by atoms with Crippen molar-refractivity contribution in [2.75, 3.05) is 0 Å². The van der Waals surface area contributed by atoms with Gasteiger partial charge in [0.05, 0.1) is 0 Å². The molecule has 3 heteroatoms. The molecule has 42 valence electrons. The Morgan fingerprint density at radius 1 is 1.57 bits per heavy atom. The van der Waals surface area contributed by atoms with Crippen molar-refractivity contribution < 1.29 is 5.11 Å². The van der Waals surface area contributed by atoms with E-state index in [4.69, 9.17) is 5.11 Å². The third-order valence-electron chi connectivity index (χ3n) is 0.534. The van der Waals surface area contributed by atoms with Crippen LogP contribution >= 0.6 is 31.9 Å². The Bertz CT molecular complexity index is 83.7. The van der Waals surface area contributed by atoms with Crippen molar-refractivity contribution in [3.63, 3.8) is 0 Å². The molecule has 0 spiro atoms. The standard InChI is InChI=1S/C4H6Br2O/c1-2-3(5)4(6)7/h7H,2H2,1H3. The van der Waals surface area contributed by atoms with Crippen LogP contribution in [-0.2, 0) is 0 Å². The van der Waals surface area contributed by atoms with Gasteiger partial charge in [0.25, 0.3) is 0 Å². The van der Waals surface area contributed by atoms with E-state index in [-0.39, 0.29) is 4.67 Å². The summed E-state index contributed by atoms with van der Waals surface area (Å²) < 4.78 is 0.988. The van der Waals surface area contributed by atoms with E-state index < -0.39 is 0 Å². The van der Waals surface area contributed by atoms with Crippen molar-refractivity contribution in [2.45, 2.75) is 13.3 Å². The summed E-state index contributed by atoms with van der Waals surface area (Å²) in [6, 6.07) is 0. The second-order valence-electron chi connectivity index (χ2n) is 1.05. The van der Waals surface area contributed by atoms with Crippen molar-refractivity contribution in [3.8, 4) is 0 Å². The van der Waals surface area contributed by atoms with Gasteiger partial charge in [-0.15, -0.1) is 0 Å². The molecule has 1 nitrogen and oxygen atoms in total. The number of hydrogen-bond acceptors (Lipinski definition) is 1. The summed E-state index contributed by atoms with van der Waals surface area (Å²) in [5, 5.41) is 8.57. The maximum atomic E-state index is 8.57. The fraction of sp³-hybridized carbons (Fsp3) is 0.500. The SMILES string of the molecule is CCC(Br)=C(O)Br. The van der Waals surface area contributed by atoms with Crippen LogP contribution in [-0.4, -0.2) is 5.11 Å². The summed E-state index contributed by atoms with van der Waals surface area (Å²) in [6.45, 7) is 1.95. The Labute approximate surface area is 59.7 Å². The molecule has 0 unspecified atom stereocenters. The molecule has 0 bridgehead atoms. The largest absolute Gasteiger partial charge is 0.501 e. The van der Waals surface area contributed by atoms with Crippen molar-refractivity contribution >= 4 is 31.9 Å². The second kappa shape index (κ2) is 3.50. The monoisotopic (exact) mass is 228 g/mol. The minimum absolute atomic E-state index is 0.190. The molecule has 0 aliphatic heterocycles. The summed E-state index contributed by atoms with van der Waals surface area (Å²) in [7, 11) is 0. The van der Waals surface area contributed by atoms with E-state index in [9.17, 15) is 0 Å². The fourth-order valence-corrected chi connectivity index (χ4v) is 0.426. The molecular formula is C4H6Br2O. The molecule has 0 aromatic rings. The summed E-state index contributed by atoms with van der Waals surface area (Å²) in [4.78, 5) is 0. The predicted molar refractivity (Wildman–Crippen MR) is 37.8 cm³/mol. The van der Waals surface area contributed by atoms with Crippen LogP contribution in [0.3, 0.4) is 0 Å². The van der Waals surface area contributed by atoms with Gasteiger partial charge in [-0.2, -0.15) is 0 Å². The summed E-state index contributed by atoms with van der Waals surface area (Å²) in [5.74, 6) is 0. The lowest BCUT2D eigenvalue weighted by atomic mass is 10.5. The maximum absolute atomic E-state index is 8.57. The third-order valence-corrected chi connectivity index (χ3v) is 2.48. The van der Waals surface area contributed by atoms with Gasteiger partial charge in [0.2, 0.25) is 0 Å². The molecule has 7 heavy (non-hydrogen) atoms. The van der Waals surface area contributed by atoms with E-state index in [0.29, 0.717) is 0 Å². The first-order valence-electron chi connectivity index (χ1n) is 1.91. The Morgan fingerprint density at radius 2 is 2.00 bits per heavy atom. The second-order valence-corrected chi connectivity index (χ2v) is 2.76. The van der Waals surface area contributed by atoms with E-state index in [0.717, 1.165) is 10.9 Å². The first-order valence-corrected chi connectivity index (χ1v) is 3.50. The van der Waals surface area contributed by atoms with Crippen molar-refractivity contribution in [1.82, 2.24) is 0 Å². The molecule has 0 aliphatic rings. The third kappa shape index (κ3) is 3.12. The minimum atomic E-state index is 0.190. The van der Waals surface area contributed by atoms with E-state index in [1.807, 2.05) is 6.92 Å². The molecule has 0 atom stereocenters. The Hall–Kier alpha value is 0.500. The van der Waals surface area contributed by atoms with Crippen LogP contribution in [0.5, 0.6) is 0 Å². The average molecular weight is 230 g/mol. The van der Waals surface area contributed by atoms with E-state index in [2.05, 4.69) is 31.9 Å². The van der Waals surface area contributed by atoms with Gasteiger partial charge in [-0.25, -0.2) is 0 Å². The number of allylic oxidation sites excluding steroid dienone is 1. The highest BCUT2D eigenvalue weighted by molar-refractivity contribution is 9.14. The van der Waals surface area contributed by atoms with Crippen LogP contribution in [0, 0.1) is 0 Å². The molecule has 0 rings (SSSR count). The number of halogens is 2. The van der Waals surface area contributed by atoms with Gasteiger partial charge in [0.1, 0.15) is 0 Å². The molecule has 0 amide bonds. The topological polar surface area (TPSA) is 20.2 Å². The Morgan fingerprint density at radius 3 is 2.00 bits per heavy atom. The molecule has 0 radical (unpaired) electrons. The molecule has 0 fully saturated rings. The molecule has 0 aliphatic carbocycles. The van der Waals surface area contributed by atoms with Gasteiger partial charge in [-0.3, -0.25) is 0 Å². The first kappa shape index (κ1) is 7.50. The van der Waals surface area contributed by atoms with E-state index in [1.165, 1.54) is 0 Å². The molecule has 0 aromatic carbocycles. The minimum Gasteiger partial charge on any atom is -0.501 e. The lowest BCUT2D eigenvalue weighted by Gasteiger charge is -1.88. The number of hydrogen-bond donors (Lipinski definition) is 1. The average Bonchev–Trinajstić information content (AvgIpc) is 1.65. The van der Waals surface area contributed by atoms with Crippen LogP contribution in [0.2, 0.25) is 0 Å². The van der Waals surface area contributed by atoms with Gasteiger partial charge in [0.15, 0.2) is 4.67 Å². The van der Waals surface area contributed by atoms with Crippen molar-refractivity contribution in [3.05, 3.63) is 9.15 Å².